The largest absolute Gasteiger partial charge is 0.372 e. The van der Waals surface area contributed by atoms with Gasteiger partial charge in [-0.2, -0.15) is 5.10 Å². The van der Waals surface area contributed by atoms with Gasteiger partial charge in [0.2, 0.25) is 12.3 Å². The lowest BCUT2D eigenvalue weighted by atomic mass is 9.91. The van der Waals surface area contributed by atoms with Gasteiger partial charge in [-0.05, 0) is 83.3 Å². The first kappa shape index (κ1) is 27.3. The Kier molecular flexibility index (Phi) is 10.5. The molecule has 0 spiro atoms. The molecule has 0 atom stereocenters. The maximum absolute atomic E-state index is 12.3. The molecule has 2 aromatic carbocycles. The first-order chi connectivity index (χ1) is 15.9. The number of hydrogen-bond acceptors (Lipinski definition) is 4. The van der Waals surface area contributed by atoms with Gasteiger partial charge in [0.25, 0.3) is 0 Å². The molecule has 7 nitrogen and oxygen atoms in total. The summed E-state index contributed by atoms with van der Waals surface area (Å²) >= 11 is 0. The molecule has 2 heterocycles. The fourth-order valence-corrected chi connectivity index (χ4v) is 4.41. The van der Waals surface area contributed by atoms with Crippen LogP contribution in [0.15, 0.2) is 48.5 Å². The second kappa shape index (κ2) is 13.1. The smallest absolute Gasteiger partial charge is 0.238 e. The summed E-state index contributed by atoms with van der Waals surface area (Å²) in [6, 6.07) is 16.7. The Bertz CT molecular complexity index is 1060. The minimum Gasteiger partial charge on any atom is -0.372 e. The summed E-state index contributed by atoms with van der Waals surface area (Å²) < 4.78 is 2.16. The van der Waals surface area contributed by atoms with Crippen LogP contribution in [0.5, 0.6) is 0 Å². The third-order valence-electron chi connectivity index (χ3n) is 6.04. The number of aromatic nitrogens is 2. The van der Waals surface area contributed by atoms with Gasteiger partial charge in [-0.3, -0.25) is 19.2 Å². The monoisotopic (exact) mass is 485 g/mol. The number of primary amides is 1. The zero-order valence-electron chi connectivity index (χ0n) is 20.2. The number of nitrogens with zero attached hydrogens (tertiary/aromatic N) is 3. The lowest BCUT2D eigenvalue weighted by Crippen LogP contribution is -2.39. The molecule has 3 N–H and O–H groups in total. The number of carbonyl (C=O) groups is 2. The standard InChI is InChI=1S/C25H32N4O.CH3NO.ClH/c1-18(2)29-24-10-9-19(3)15-22(24)23(27-29)16-20-11-13-28(14-12-20)17-25(30)26-21-7-5-4-6-8-21;2-1-3;/h4-10,15,18,20H,11-14,16-17H2,1-3H3,(H,26,30);1H,(H2,2,3);1H. The summed E-state index contributed by atoms with van der Waals surface area (Å²) in [6.45, 7) is 8.92. The van der Waals surface area contributed by atoms with Crippen molar-refractivity contribution >= 4 is 41.3 Å². The van der Waals surface area contributed by atoms with Crippen LogP contribution in [0.1, 0.15) is 44.0 Å². The molecule has 3 aromatic rings. The molecule has 0 bridgehead atoms. The first-order valence-electron chi connectivity index (χ1n) is 11.6. The number of aryl methyl sites for hydroxylation is 1. The Morgan fingerprint density at radius 1 is 1.18 bits per heavy atom. The van der Waals surface area contributed by atoms with Crippen LogP contribution in [0, 0.1) is 12.8 Å². The molecule has 1 aliphatic rings. The number of carbonyl (C=O) groups excluding carboxylic acids is 2. The van der Waals surface area contributed by atoms with E-state index in [1.54, 1.807) is 0 Å². The van der Waals surface area contributed by atoms with Gasteiger partial charge in [-0.25, -0.2) is 0 Å². The van der Waals surface area contributed by atoms with E-state index in [1.165, 1.54) is 22.2 Å². The van der Waals surface area contributed by atoms with E-state index in [4.69, 9.17) is 9.89 Å². The van der Waals surface area contributed by atoms with E-state index in [0.717, 1.165) is 38.0 Å². The van der Waals surface area contributed by atoms with Gasteiger partial charge in [0.1, 0.15) is 0 Å². The molecule has 1 saturated heterocycles. The fourth-order valence-electron chi connectivity index (χ4n) is 4.41. The second-order valence-corrected chi connectivity index (χ2v) is 8.98. The van der Waals surface area contributed by atoms with Crippen molar-refractivity contribution in [2.45, 2.75) is 46.1 Å². The normalized spacial score (nSPS) is 14.2. The highest BCUT2D eigenvalue weighted by molar-refractivity contribution is 5.92. The summed E-state index contributed by atoms with van der Waals surface area (Å²) in [4.78, 5) is 23.2. The Morgan fingerprint density at radius 3 is 2.44 bits per heavy atom. The van der Waals surface area contributed by atoms with Crippen LogP contribution in [0.4, 0.5) is 5.69 Å². The molecule has 4 rings (SSSR count). The van der Waals surface area contributed by atoms with Crippen molar-refractivity contribution < 1.29 is 9.59 Å². The Morgan fingerprint density at radius 2 is 1.82 bits per heavy atom. The Labute approximate surface area is 208 Å². The van der Waals surface area contributed by atoms with Gasteiger partial charge in [0.05, 0.1) is 17.8 Å². The number of rotatable bonds is 6. The van der Waals surface area contributed by atoms with Crippen molar-refractivity contribution in [3.63, 3.8) is 0 Å². The van der Waals surface area contributed by atoms with E-state index < -0.39 is 0 Å². The highest BCUT2D eigenvalue weighted by atomic mass is 35.5. The predicted octanol–water partition coefficient (Wildman–Crippen LogP) is 4.34. The van der Waals surface area contributed by atoms with Crippen LogP contribution in [0.2, 0.25) is 0 Å². The average Bonchev–Trinajstić information content (AvgIpc) is 3.14. The number of para-hydroxylation sites is 1. The Hall–Kier alpha value is -2.90. The van der Waals surface area contributed by atoms with Gasteiger partial charge >= 0.3 is 0 Å². The highest BCUT2D eigenvalue weighted by Gasteiger charge is 2.23. The van der Waals surface area contributed by atoms with E-state index in [-0.39, 0.29) is 24.7 Å². The van der Waals surface area contributed by atoms with Gasteiger partial charge in [0, 0.05) is 17.1 Å². The quantitative estimate of drug-likeness (QED) is 0.508. The number of piperidine rings is 1. The summed E-state index contributed by atoms with van der Waals surface area (Å²) in [5, 5.41) is 9.26. The topological polar surface area (TPSA) is 93.2 Å². The lowest BCUT2D eigenvalue weighted by Gasteiger charge is -2.31. The van der Waals surface area contributed by atoms with Crippen LogP contribution in [0.25, 0.3) is 10.9 Å². The third kappa shape index (κ3) is 7.30. The molecular formula is C26H36ClN5O2. The lowest BCUT2D eigenvalue weighted by molar-refractivity contribution is -0.117. The summed E-state index contributed by atoms with van der Waals surface area (Å²) in [5.74, 6) is 0.689. The molecule has 0 radical (unpaired) electrons. The first-order valence-corrected chi connectivity index (χ1v) is 11.6. The number of nitrogens with two attached hydrogens (primary N) is 1. The number of anilines is 1. The van der Waals surface area contributed by atoms with Crippen LogP contribution < -0.4 is 11.1 Å². The number of likely N-dealkylation sites (tertiary alicyclic amines) is 1. The molecule has 1 aromatic heterocycles. The van der Waals surface area contributed by atoms with Crippen molar-refractivity contribution in [2.24, 2.45) is 11.7 Å². The van der Waals surface area contributed by atoms with Crippen LogP contribution in [0.3, 0.4) is 0 Å². The van der Waals surface area contributed by atoms with Gasteiger partial charge < -0.3 is 11.1 Å². The molecule has 0 saturated carbocycles. The molecule has 184 valence electrons. The summed E-state index contributed by atoms with van der Waals surface area (Å²) in [7, 11) is 0. The Balaban J connectivity index is 0.000000970. The fraction of sp³-hybridized carbons (Fsp3) is 0.423. The van der Waals surface area contributed by atoms with Crippen molar-refractivity contribution in [1.29, 1.82) is 0 Å². The van der Waals surface area contributed by atoms with Crippen molar-refractivity contribution in [3.05, 3.63) is 59.8 Å². The number of halogens is 1. The second-order valence-electron chi connectivity index (χ2n) is 8.98. The number of nitrogens with one attached hydrogen (secondary N) is 1. The maximum atomic E-state index is 12.3. The van der Waals surface area contributed by atoms with E-state index in [2.05, 4.69) is 59.6 Å². The number of amides is 2. The minimum absolute atomic E-state index is 0. The van der Waals surface area contributed by atoms with Crippen molar-refractivity contribution in [3.8, 4) is 0 Å². The average molecular weight is 486 g/mol. The molecule has 1 aliphatic heterocycles. The van der Waals surface area contributed by atoms with Crippen LogP contribution >= 0.6 is 12.4 Å². The molecular weight excluding hydrogens is 450 g/mol. The van der Waals surface area contributed by atoms with Crippen LogP contribution in [-0.2, 0) is 16.0 Å². The van der Waals surface area contributed by atoms with E-state index in [0.29, 0.717) is 18.5 Å². The van der Waals surface area contributed by atoms with Gasteiger partial charge in [0.15, 0.2) is 0 Å². The number of fused-ring (bicyclic) bond motifs is 1. The molecule has 34 heavy (non-hydrogen) atoms. The molecule has 0 unspecified atom stereocenters. The van der Waals surface area contributed by atoms with Gasteiger partial charge in [-0.15, -0.1) is 12.4 Å². The number of benzene rings is 2. The van der Waals surface area contributed by atoms with E-state index >= 15 is 0 Å². The van der Waals surface area contributed by atoms with Crippen molar-refractivity contribution in [2.75, 3.05) is 25.0 Å². The molecule has 2 amide bonds. The van der Waals surface area contributed by atoms with Crippen LogP contribution in [-0.4, -0.2) is 46.6 Å². The molecule has 8 heteroatoms. The zero-order chi connectivity index (χ0) is 23.8. The molecule has 0 aliphatic carbocycles. The molecule has 1 fully saturated rings. The minimum atomic E-state index is 0. The SMILES string of the molecule is Cc1ccc2c(c1)c(CC1CCN(CC(=O)Nc3ccccc3)CC1)nn2C(C)C.Cl.NC=O. The maximum Gasteiger partial charge on any atom is 0.238 e. The number of hydrogen-bond donors (Lipinski definition) is 2. The van der Waals surface area contributed by atoms with E-state index in [9.17, 15) is 4.79 Å². The van der Waals surface area contributed by atoms with E-state index in [1.807, 2.05) is 30.3 Å². The van der Waals surface area contributed by atoms with Crippen molar-refractivity contribution in [1.82, 2.24) is 14.7 Å². The third-order valence-corrected chi connectivity index (χ3v) is 6.04. The van der Waals surface area contributed by atoms with Gasteiger partial charge in [-0.1, -0.05) is 29.8 Å². The predicted molar refractivity (Wildman–Crippen MR) is 140 cm³/mol. The summed E-state index contributed by atoms with van der Waals surface area (Å²) in [6.07, 6.45) is 3.49. The zero-order valence-corrected chi connectivity index (χ0v) is 21.1. The summed E-state index contributed by atoms with van der Waals surface area (Å²) in [5.41, 5.74) is 8.77. The highest BCUT2D eigenvalue weighted by Crippen LogP contribution is 2.28.